The Labute approximate surface area is 260 Å². The van der Waals surface area contributed by atoms with Crippen molar-refractivity contribution in [2.24, 2.45) is 11.8 Å². The topological polar surface area (TPSA) is 114 Å². The molecule has 3 aromatic rings. The van der Waals surface area contributed by atoms with E-state index >= 15 is 0 Å². The van der Waals surface area contributed by atoms with Crippen molar-refractivity contribution >= 4 is 84.5 Å². The van der Waals surface area contributed by atoms with Crippen molar-refractivity contribution in [3.8, 4) is 5.75 Å². The molecule has 4 atom stereocenters. The number of nitrogens with zero attached hydrogens (tertiary/aromatic N) is 2. The number of hydrogen-bond donors (Lipinski definition) is 0. The van der Waals surface area contributed by atoms with E-state index in [1.165, 1.54) is 54.8 Å². The minimum atomic E-state index is -0.771. The summed E-state index contributed by atoms with van der Waals surface area (Å²) in [6.45, 7) is -0.614. The molecule has 5 rings (SSSR count). The number of ketones is 1. The molecule has 2 fully saturated rings. The molecule has 9 nitrogen and oxygen atoms in total. The Balaban J connectivity index is 1.41. The normalized spacial score (nSPS) is 21.9. The molecule has 0 unspecified atom stereocenters. The number of esters is 1. The molecule has 1 saturated carbocycles. The molecule has 0 radical (unpaired) electrons. The van der Waals surface area contributed by atoms with E-state index < -0.39 is 47.9 Å². The summed E-state index contributed by atoms with van der Waals surface area (Å²) < 4.78 is 10.2. The number of fused-ring (bicyclic) bond motifs is 1. The van der Waals surface area contributed by atoms with E-state index in [9.17, 15) is 24.0 Å². The molecule has 2 aromatic carbocycles. The molecule has 1 aromatic heterocycles. The second kappa shape index (κ2) is 12.1. The van der Waals surface area contributed by atoms with Gasteiger partial charge in [-0.3, -0.25) is 19.2 Å². The van der Waals surface area contributed by atoms with Crippen molar-refractivity contribution in [3.05, 3.63) is 87.8 Å². The van der Waals surface area contributed by atoms with Gasteiger partial charge in [-0.15, -0.1) is 0 Å². The highest BCUT2D eigenvalue weighted by atomic mass is 79.9. The first-order chi connectivity index (χ1) is 19.5. The van der Waals surface area contributed by atoms with Crippen LogP contribution in [0.4, 0.5) is 0 Å². The zero-order chi connectivity index (χ0) is 29.4. The standard InChI is InChI=1S/C28H20Br2Cl2N2O7/c29-19-11-17-18(12-20(19)30)27(38)34(26(17)37)33(25(36)15-5-8-21(31)22(32)10-15)13-23(35)14-3-6-16(7-4-14)41-28(39)24-2-1-9-40-24/h1-10,17-20H,11-13H2/t17-,18+,19-,20-/m0/s1. The maximum atomic E-state index is 13.7. The quantitative estimate of drug-likeness (QED) is 0.0970. The number of ether oxygens (including phenoxy) is 1. The van der Waals surface area contributed by atoms with Crippen LogP contribution in [0.1, 0.15) is 44.1 Å². The summed E-state index contributed by atoms with van der Waals surface area (Å²) in [7, 11) is 0. The summed E-state index contributed by atoms with van der Waals surface area (Å²) in [5.41, 5.74) is 0.201. The Morgan fingerprint density at radius 1 is 0.902 bits per heavy atom. The van der Waals surface area contributed by atoms with Crippen LogP contribution in [0.2, 0.25) is 10.0 Å². The third-order valence-electron chi connectivity index (χ3n) is 6.93. The number of rotatable bonds is 7. The van der Waals surface area contributed by atoms with Gasteiger partial charge < -0.3 is 9.15 Å². The summed E-state index contributed by atoms with van der Waals surface area (Å²) >= 11 is 19.2. The number of Topliss-reactive ketones (excluding diaryl/α,β-unsaturated/α-hetero) is 1. The van der Waals surface area contributed by atoms with E-state index in [-0.39, 0.29) is 42.3 Å². The molecule has 0 spiro atoms. The molecule has 1 saturated heterocycles. The maximum absolute atomic E-state index is 13.7. The number of alkyl halides is 2. The molecule has 0 N–H and O–H groups in total. The van der Waals surface area contributed by atoms with Crippen molar-refractivity contribution in [1.82, 2.24) is 10.0 Å². The van der Waals surface area contributed by atoms with Gasteiger partial charge in [-0.2, -0.15) is 5.01 Å². The monoisotopic (exact) mass is 724 g/mol. The highest BCUT2D eigenvalue weighted by Gasteiger charge is 2.54. The maximum Gasteiger partial charge on any atom is 0.379 e. The van der Waals surface area contributed by atoms with Gasteiger partial charge in [0, 0.05) is 20.8 Å². The zero-order valence-corrected chi connectivity index (χ0v) is 25.7. The lowest BCUT2D eigenvalue weighted by molar-refractivity contribution is -0.154. The fourth-order valence-electron chi connectivity index (χ4n) is 4.82. The fraction of sp³-hybridized carbons (Fsp3) is 0.250. The lowest BCUT2D eigenvalue weighted by Gasteiger charge is -2.30. The lowest BCUT2D eigenvalue weighted by atomic mass is 9.81. The van der Waals surface area contributed by atoms with Gasteiger partial charge in [0.2, 0.25) is 5.76 Å². The zero-order valence-electron chi connectivity index (χ0n) is 21.0. The van der Waals surface area contributed by atoms with E-state index in [1.54, 1.807) is 6.07 Å². The first-order valence-electron chi connectivity index (χ1n) is 12.4. The molecule has 0 bridgehead atoms. The van der Waals surface area contributed by atoms with Crippen LogP contribution in [-0.4, -0.2) is 55.7 Å². The molecule has 212 valence electrons. The molecule has 13 heteroatoms. The van der Waals surface area contributed by atoms with Crippen LogP contribution in [0.25, 0.3) is 0 Å². The van der Waals surface area contributed by atoms with E-state index in [1.807, 2.05) is 0 Å². The van der Waals surface area contributed by atoms with E-state index in [4.69, 9.17) is 32.4 Å². The van der Waals surface area contributed by atoms with E-state index in [0.29, 0.717) is 12.8 Å². The van der Waals surface area contributed by atoms with Gasteiger partial charge in [-0.05, 0) is 67.4 Å². The van der Waals surface area contributed by atoms with Crippen molar-refractivity contribution in [2.75, 3.05) is 6.54 Å². The van der Waals surface area contributed by atoms with Gasteiger partial charge in [-0.1, -0.05) is 55.1 Å². The number of hydrazine groups is 1. The number of carbonyl (C=O) groups is 5. The Bertz CT molecular complexity index is 1500. The smallest absolute Gasteiger partial charge is 0.379 e. The molecular formula is C28H20Br2Cl2N2O7. The summed E-state index contributed by atoms with van der Waals surface area (Å²) in [6, 6.07) is 12.8. The first kappa shape index (κ1) is 29.5. The molecular weight excluding hydrogens is 707 g/mol. The molecule has 41 heavy (non-hydrogen) atoms. The Morgan fingerprint density at radius 3 is 2.07 bits per heavy atom. The molecule has 1 aliphatic heterocycles. The van der Waals surface area contributed by atoms with Gasteiger partial charge in [0.15, 0.2) is 5.78 Å². The third-order valence-corrected chi connectivity index (χ3v) is 10.4. The molecule has 1 aliphatic carbocycles. The van der Waals surface area contributed by atoms with Crippen LogP contribution in [0.15, 0.2) is 65.3 Å². The second-order valence-electron chi connectivity index (χ2n) is 9.51. The van der Waals surface area contributed by atoms with Crippen LogP contribution in [-0.2, 0) is 9.59 Å². The Hall–Kier alpha value is -2.99. The number of amides is 3. The van der Waals surface area contributed by atoms with Crippen molar-refractivity contribution in [2.45, 2.75) is 22.5 Å². The number of imide groups is 1. The van der Waals surface area contributed by atoms with Crippen molar-refractivity contribution in [1.29, 1.82) is 0 Å². The molecule has 2 aliphatic rings. The predicted molar refractivity (Wildman–Crippen MR) is 155 cm³/mol. The van der Waals surface area contributed by atoms with Crippen LogP contribution in [0.3, 0.4) is 0 Å². The average molecular weight is 727 g/mol. The molecule has 2 heterocycles. The SMILES string of the molecule is O=C(CN(C(=O)c1ccc(Cl)c(Cl)c1)N1C(=O)[C@H]2C[C@H](Br)[C@@H](Br)C[C@H]2C1=O)c1ccc(OC(=O)c2ccco2)cc1. The summed E-state index contributed by atoms with van der Waals surface area (Å²) in [4.78, 5) is 66.2. The minimum absolute atomic E-state index is 0.0135. The first-order valence-corrected chi connectivity index (χ1v) is 15.0. The van der Waals surface area contributed by atoms with Crippen LogP contribution < -0.4 is 4.74 Å². The van der Waals surface area contributed by atoms with E-state index in [0.717, 1.165) is 10.0 Å². The Kier molecular flexibility index (Phi) is 8.70. The summed E-state index contributed by atoms with van der Waals surface area (Å²) in [5, 5.41) is 1.97. The van der Waals surface area contributed by atoms with Gasteiger partial charge in [-0.25, -0.2) is 9.80 Å². The van der Waals surface area contributed by atoms with Crippen LogP contribution >= 0.6 is 55.1 Å². The van der Waals surface area contributed by atoms with E-state index in [2.05, 4.69) is 31.9 Å². The highest BCUT2D eigenvalue weighted by molar-refractivity contribution is 9.12. The Morgan fingerprint density at radius 2 is 1.51 bits per heavy atom. The number of hydrogen-bond acceptors (Lipinski definition) is 7. The van der Waals surface area contributed by atoms with Gasteiger partial charge in [0.25, 0.3) is 17.7 Å². The van der Waals surface area contributed by atoms with Gasteiger partial charge in [0.1, 0.15) is 12.3 Å². The number of benzene rings is 2. The lowest BCUT2D eigenvalue weighted by Crippen LogP contribution is -2.52. The van der Waals surface area contributed by atoms with Gasteiger partial charge >= 0.3 is 5.97 Å². The van der Waals surface area contributed by atoms with Gasteiger partial charge in [0.05, 0.1) is 28.1 Å². The van der Waals surface area contributed by atoms with Crippen molar-refractivity contribution in [3.63, 3.8) is 0 Å². The number of carbonyl (C=O) groups excluding carboxylic acids is 5. The second-order valence-corrected chi connectivity index (χ2v) is 12.7. The average Bonchev–Trinajstić information content (AvgIpc) is 3.57. The fourth-order valence-corrected chi connectivity index (χ4v) is 6.35. The summed E-state index contributed by atoms with van der Waals surface area (Å²) in [6.07, 6.45) is 2.12. The highest BCUT2D eigenvalue weighted by Crippen LogP contribution is 2.43. The minimum Gasteiger partial charge on any atom is -0.457 e. The summed E-state index contributed by atoms with van der Waals surface area (Å²) in [5.74, 6) is -4.24. The number of halogens is 4. The largest absolute Gasteiger partial charge is 0.457 e. The number of furan rings is 1. The van der Waals surface area contributed by atoms with Crippen molar-refractivity contribution < 1.29 is 33.1 Å². The molecule has 3 amide bonds. The van der Waals surface area contributed by atoms with Crippen LogP contribution in [0, 0.1) is 11.8 Å². The third kappa shape index (κ3) is 5.99. The van der Waals surface area contributed by atoms with Crippen LogP contribution in [0.5, 0.6) is 5.75 Å². The predicted octanol–water partition coefficient (Wildman–Crippen LogP) is 5.97.